The molecule has 0 atom stereocenters. The number of hydrogen-bond acceptors (Lipinski definition) is 2. The second kappa shape index (κ2) is 5.41. The molecule has 2 aromatic rings. The first-order valence-electron chi connectivity index (χ1n) is 6.98. The van der Waals surface area contributed by atoms with Gasteiger partial charge in [0.05, 0.1) is 0 Å². The number of aryl methyl sites for hydroxylation is 1. The molecule has 0 aromatic heterocycles. The summed E-state index contributed by atoms with van der Waals surface area (Å²) in [6.45, 7) is 3.22. The molecule has 1 amide bonds. The molecule has 0 saturated carbocycles. The molecule has 108 valence electrons. The second-order valence-electron chi connectivity index (χ2n) is 5.43. The van der Waals surface area contributed by atoms with E-state index in [9.17, 15) is 4.79 Å². The first-order chi connectivity index (χ1) is 10.1. The molecule has 2 N–H and O–H groups in total. The number of carbonyl (C=O) groups is 1. The van der Waals surface area contributed by atoms with Gasteiger partial charge < -0.3 is 10.6 Å². The number of hydrogen-bond donors (Lipinski definition) is 1. The van der Waals surface area contributed by atoms with E-state index in [4.69, 9.17) is 17.3 Å². The molecule has 0 spiro atoms. The van der Waals surface area contributed by atoms with E-state index in [1.165, 1.54) is 5.56 Å². The van der Waals surface area contributed by atoms with Crippen LogP contribution in [0.15, 0.2) is 36.4 Å². The summed E-state index contributed by atoms with van der Waals surface area (Å²) in [5.74, 6) is 0.0443. The number of benzene rings is 2. The van der Waals surface area contributed by atoms with Gasteiger partial charge in [0.15, 0.2) is 0 Å². The van der Waals surface area contributed by atoms with Crippen LogP contribution in [0.1, 0.15) is 27.0 Å². The Morgan fingerprint density at radius 2 is 2.10 bits per heavy atom. The predicted molar refractivity (Wildman–Crippen MR) is 85.5 cm³/mol. The normalized spacial score (nSPS) is 13.9. The van der Waals surface area contributed by atoms with Crippen LogP contribution in [-0.2, 0) is 13.0 Å². The van der Waals surface area contributed by atoms with Gasteiger partial charge in [-0.1, -0.05) is 23.7 Å². The zero-order chi connectivity index (χ0) is 15.0. The van der Waals surface area contributed by atoms with Gasteiger partial charge in [-0.3, -0.25) is 4.79 Å². The van der Waals surface area contributed by atoms with Crippen molar-refractivity contribution in [3.05, 3.63) is 63.7 Å². The van der Waals surface area contributed by atoms with Crippen LogP contribution in [0.5, 0.6) is 0 Å². The number of halogens is 1. The van der Waals surface area contributed by atoms with E-state index < -0.39 is 0 Å². The number of carbonyl (C=O) groups excluding carboxylic acids is 1. The van der Waals surface area contributed by atoms with Gasteiger partial charge in [0.2, 0.25) is 0 Å². The molecule has 3 nitrogen and oxygen atoms in total. The number of nitrogen functional groups attached to an aromatic ring is 1. The summed E-state index contributed by atoms with van der Waals surface area (Å²) in [6.07, 6.45) is 0.806. The number of anilines is 1. The van der Waals surface area contributed by atoms with Gasteiger partial charge in [-0.25, -0.2) is 0 Å². The van der Waals surface area contributed by atoms with E-state index in [0.717, 1.165) is 23.2 Å². The molecule has 0 fully saturated rings. The van der Waals surface area contributed by atoms with Crippen LogP contribution in [0, 0.1) is 6.92 Å². The highest BCUT2D eigenvalue weighted by molar-refractivity contribution is 6.31. The largest absolute Gasteiger partial charge is 0.398 e. The number of rotatable bonds is 1. The molecule has 0 saturated heterocycles. The molecule has 1 aliphatic heterocycles. The van der Waals surface area contributed by atoms with E-state index in [0.29, 0.717) is 23.7 Å². The van der Waals surface area contributed by atoms with Crippen molar-refractivity contribution in [3.63, 3.8) is 0 Å². The maximum atomic E-state index is 12.6. The minimum Gasteiger partial charge on any atom is -0.398 e. The van der Waals surface area contributed by atoms with Crippen molar-refractivity contribution in [2.75, 3.05) is 12.3 Å². The van der Waals surface area contributed by atoms with Crippen LogP contribution < -0.4 is 5.73 Å². The number of nitrogens with two attached hydrogens (primary N) is 1. The molecular weight excluding hydrogens is 284 g/mol. The Balaban J connectivity index is 1.85. The lowest BCUT2D eigenvalue weighted by Gasteiger charge is -2.29. The fourth-order valence-corrected chi connectivity index (χ4v) is 2.89. The summed E-state index contributed by atoms with van der Waals surface area (Å²) in [7, 11) is 0. The number of amides is 1. The number of nitrogens with zero attached hydrogens (tertiary/aromatic N) is 1. The molecule has 1 heterocycles. The van der Waals surface area contributed by atoms with Gasteiger partial charge in [0.25, 0.3) is 5.91 Å². The lowest BCUT2D eigenvalue weighted by molar-refractivity contribution is 0.0735. The fraction of sp³-hybridized carbons (Fsp3) is 0.235. The van der Waals surface area contributed by atoms with Gasteiger partial charge in [0.1, 0.15) is 0 Å². The summed E-state index contributed by atoms with van der Waals surface area (Å²) in [6, 6.07) is 11.3. The van der Waals surface area contributed by atoms with Crippen LogP contribution in [0.3, 0.4) is 0 Å². The lowest BCUT2D eigenvalue weighted by atomic mass is 9.97. The third-order valence-electron chi connectivity index (χ3n) is 3.99. The van der Waals surface area contributed by atoms with Crippen molar-refractivity contribution < 1.29 is 4.79 Å². The Hall–Kier alpha value is -2.00. The zero-order valence-corrected chi connectivity index (χ0v) is 12.7. The predicted octanol–water partition coefficient (Wildman–Crippen LogP) is 3.43. The molecule has 2 aromatic carbocycles. The summed E-state index contributed by atoms with van der Waals surface area (Å²) >= 11 is 6.02. The standard InChI is InChI=1S/C17H17ClN2O/c1-11-9-12(5-6-15(11)18)17(21)20-8-7-14-13(10-20)3-2-4-16(14)19/h2-6,9H,7-8,10,19H2,1H3. The van der Waals surface area contributed by atoms with Gasteiger partial charge in [-0.05, 0) is 54.3 Å². The summed E-state index contributed by atoms with van der Waals surface area (Å²) in [5, 5.41) is 0.684. The Morgan fingerprint density at radius 1 is 1.29 bits per heavy atom. The fourth-order valence-electron chi connectivity index (χ4n) is 2.77. The van der Waals surface area contributed by atoms with Crippen LogP contribution in [0.4, 0.5) is 5.69 Å². The maximum absolute atomic E-state index is 12.6. The third kappa shape index (κ3) is 2.61. The van der Waals surface area contributed by atoms with Gasteiger partial charge in [-0.15, -0.1) is 0 Å². The van der Waals surface area contributed by atoms with Gasteiger partial charge in [-0.2, -0.15) is 0 Å². The zero-order valence-electron chi connectivity index (χ0n) is 11.9. The van der Waals surface area contributed by atoms with Crippen LogP contribution in [-0.4, -0.2) is 17.4 Å². The average Bonchev–Trinajstić information content (AvgIpc) is 2.49. The van der Waals surface area contributed by atoms with E-state index in [-0.39, 0.29) is 5.91 Å². The average molecular weight is 301 g/mol. The minimum absolute atomic E-state index is 0.0443. The Labute approximate surface area is 129 Å². The smallest absolute Gasteiger partial charge is 0.254 e. The van der Waals surface area contributed by atoms with Crippen molar-refractivity contribution in [1.82, 2.24) is 4.90 Å². The van der Waals surface area contributed by atoms with Gasteiger partial charge in [0, 0.05) is 29.4 Å². The molecular formula is C17H17ClN2O. The van der Waals surface area contributed by atoms with E-state index in [1.54, 1.807) is 12.1 Å². The quantitative estimate of drug-likeness (QED) is 0.820. The Morgan fingerprint density at radius 3 is 2.86 bits per heavy atom. The van der Waals surface area contributed by atoms with Crippen molar-refractivity contribution in [3.8, 4) is 0 Å². The highest BCUT2D eigenvalue weighted by atomic mass is 35.5. The highest BCUT2D eigenvalue weighted by Crippen LogP contribution is 2.25. The summed E-state index contributed by atoms with van der Waals surface area (Å²) < 4.78 is 0. The Kier molecular flexibility index (Phi) is 3.60. The summed E-state index contributed by atoms with van der Waals surface area (Å²) in [5.41, 5.74) is 10.7. The molecule has 0 unspecified atom stereocenters. The van der Waals surface area contributed by atoms with Crippen LogP contribution in [0.25, 0.3) is 0 Å². The topological polar surface area (TPSA) is 46.3 Å². The monoisotopic (exact) mass is 300 g/mol. The van der Waals surface area contributed by atoms with Crippen molar-refractivity contribution in [1.29, 1.82) is 0 Å². The molecule has 4 heteroatoms. The highest BCUT2D eigenvalue weighted by Gasteiger charge is 2.23. The first-order valence-corrected chi connectivity index (χ1v) is 7.35. The second-order valence-corrected chi connectivity index (χ2v) is 5.83. The molecule has 3 rings (SSSR count). The van der Waals surface area contributed by atoms with E-state index in [2.05, 4.69) is 0 Å². The molecule has 0 bridgehead atoms. The Bertz CT molecular complexity index is 712. The third-order valence-corrected chi connectivity index (χ3v) is 4.42. The molecule has 0 radical (unpaired) electrons. The first kappa shape index (κ1) is 14.0. The SMILES string of the molecule is Cc1cc(C(=O)N2CCc3c(N)cccc3C2)ccc1Cl. The maximum Gasteiger partial charge on any atom is 0.254 e. The van der Waals surface area contributed by atoms with E-state index in [1.807, 2.05) is 36.1 Å². The van der Waals surface area contributed by atoms with Crippen molar-refractivity contribution >= 4 is 23.2 Å². The van der Waals surface area contributed by atoms with E-state index >= 15 is 0 Å². The van der Waals surface area contributed by atoms with Crippen molar-refractivity contribution in [2.45, 2.75) is 19.9 Å². The minimum atomic E-state index is 0.0443. The van der Waals surface area contributed by atoms with Crippen LogP contribution in [0.2, 0.25) is 5.02 Å². The molecule has 21 heavy (non-hydrogen) atoms. The molecule has 1 aliphatic rings. The van der Waals surface area contributed by atoms with Gasteiger partial charge >= 0.3 is 0 Å². The van der Waals surface area contributed by atoms with Crippen molar-refractivity contribution in [2.24, 2.45) is 0 Å². The summed E-state index contributed by atoms with van der Waals surface area (Å²) in [4.78, 5) is 14.5. The number of fused-ring (bicyclic) bond motifs is 1. The lowest BCUT2D eigenvalue weighted by Crippen LogP contribution is -2.36. The molecule has 0 aliphatic carbocycles. The van der Waals surface area contributed by atoms with Crippen LogP contribution >= 0.6 is 11.6 Å².